The van der Waals surface area contributed by atoms with E-state index < -0.39 is 16.9 Å². The number of nitrogens with zero attached hydrogens (tertiary/aromatic N) is 3. The summed E-state index contributed by atoms with van der Waals surface area (Å²) in [4.78, 5) is 4.11. The minimum atomic E-state index is -4.49. The standard InChI is InChI=1S/C10H9ClF3N3/c1-3-7-15-9-5(2)4-6(10(12,13)14)8(11)17(9)16-7/h4H,3H2,1-2H3. The van der Waals surface area contributed by atoms with Crippen molar-refractivity contribution in [1.82, 2.24) is 14.6 Å². The number of halogens is 4. The van der Waals surface area contributed by atoms with E-state index in [1.165, 1.54) is 0 Å². The number of hydrogen-bond donors (Lipinski definition) is 0. The summed E-state index contributed by atoms with van der Waals surface area (Å²) in [6.45, 7) is 3.37. The average molecular weight is 264 g/mol. The molecule has 0 aliphatic rings. The van der Waals surface area contributed by atoms with Gasteiger partial charge in [0.2, 0.25) is 0 Å². The number of aromatic nitrogens is 3. The van der Waals surface area contributed by atoms with Crippen LogP contribution in [0.25, 0.3) is 5.65 Å². The Labute approximate surface area is 100 Å². The molecule has 3 nitrogen and oxygen atoms in total. The molecule has 0 aliphatic carbocycles. The van der Waals surface area contributed by atoms with Crippen LogP contribution in [0.4, 0.5) is 13.2 Å². The van der Waals surface area contributed by atoms with Crippen molar-refractivity contribution in [2.45, 2.75) is 26.4 Å². The highest BCUT2D eigenvalue weighted by Crippen LogP contribution is 2.35. The highest BCUT2D eigenvalue weighted by atomic mass is 35.5. The van der Waals surface area contributed by atoms with Crippen molar-refractivity contribution in [1.29, 1.82) is 0 Å². The predicted molar refractivity (Wildman–Crippen MR) is 57.1 cm³/mol. The van der Waals surface area contributed by atoms with Gasteiger partial charge in [0.25, 0.3) is 0 Å². The van der Waals surface area contributed by atoms with Gasteiger partial charge in [-0.15, -0.1) is 5.10 Å². The van der Waals surface area contributed by atoms with Crippen molar-refractivity contribution >= 4 is 17.2 Å². The first-order valence-corrected chi connectivity index (χ1v) is 5.34. The fourth-order valence-corrected chi connectivity index (χ4v) is 1.83. The monoisotopic (exact) mass is 263 g/mol. The van der Waals surface area contributed by atoms with E-state index in [2.05, 4.69) is 10.1 Å². The molecule has 17 heavy (non-hydrogen) atoms. The van der Waals surface area contributed by atoms with Gasteiger partial charge in [0.05, 0.1) is 5.56 Å². The number of hydrogen-bond acceptors (Lipinski definition) is 2. The molecule has 0 spiro atoms. The molecule has 0 aliphatic heterocycles. The molecule has 0 saturated carbocycles. The second-order valence-electron chi connectivity index (χ2n) is 3.65. The molecule has 2 aromatic heterocycles. The molecule has 0 bridgehead atoms. The first kappa shape index (κ1) is 12.2. The topological polar surface area (TPSA) is 30.2 Å². The largest absolute Gasteiger partial charge is 0.419 e. The molecule has 0 saturated heterocycles. The van der Waals surface area contributed by atoms with Crippen LogP contribution in [0.1, 0.15) is 23.9 Å². The Balaban J connectivity index is 2.79. The van der Waals surface area contributed by atoms with Gasteiger partial charge in [-0.3, -0.25) is 0 Å². The van der Waals surface area contributed by atoms with Gasteiger partial charge in [-0.25, -0.2) is 9.50 Å². The minimum absolute atomic E-state index is 0.361. The molecular weight excluding hydrogens is 255 g/mol. The highest BCUT2D eigenvalue weighted by molar-refractivity contribution is 6.30. The van der Waals surface area contributed by atoms with Crippen LogP contribution in [-0.2, 0) is 12.6 Å². The molecule has 2 rings (SSSR count). The molecule has 2 aromatic rings. The summed E-state index contributed by atoms with van der Waals surface area (Å²) in [5.74, 6) is 0.467. The van der Waals surface area contributed by atoms with Gasteiger partial charge in [0.15, 0.2) is 11.5 Å². The van der Waals surface area contributed by atoms with Crippen LogP contribution in [0.2, 0.25) is 5.15 Å². The summed E-state index contributed by atoms with van der Waals surface area (Å²) in [7, 11) is 0. The highest BCUT2D eigenvalue weighted by Gasteiger charge is 2.35. The maximum atomic E-state index is 12.7. The molecule has 0 amide bonds. The van der Waals surface area contributed by atoms with Crippen LogP contribution in [0.3, 0.4) is 0 Å². The lowest BCUT2D eigenvalue weighted by molar-refractivity contribution is -0.137. The van der Waals surface area contributed by atoms with Gasteiger partial charge >= 0.3 is 6.18 Å². The quantitative estimate of drug-likeness (QED) is 0.739. The third kappa shape index (κ3) is 1.97. The Hall–Kier alpha value is -1.30. The third-order valence-corrected chi connectivity index (χ3v) is 2.76. The molecule has 7 heteroatoms. The van der Waals surface area contributed by atoms with Crippen molar-refractivity contribution < 1.29 is 13.2 Å². The van der Waals surface area contributed by atoms with Crippen molar-refractivity contribution in [3.8, 4) is 0 Å². The first-order valence-electron chi connectivity index (χ1n) is 4.96. The van der Waals surface area contributed by atoms with E-state index in [1.54, 1.807) is 6.92 Å². The van der Waals surface area contributed by atoms with Crippen LogP contribution in [-0.4, -0.2) is 14.6 Å². The van der Waals surface area contributed by atoms with E-state index >= 15 is 0 Å². The van der Waals surface area contributed by atoms with E-state index in [0.717, 1.165) is 10.6 Å². The van der Waals surface area contributed by atoms with E-state index in [-0.39, 0.29) is 0 Å². The zero-order chi connectivity index (χ0) is 12.8. The Bertz CT molecular complexity index is 574. The molecule has 2 heterocycles. The maximum Gasteiger partial charge on any atom is 0.419 e. The molecule has 0 N–H and O–H groups in total. The molecule has 0 unspecified atom stereocenters. The van der Waals surface area contributed by atoms with E-state index in [0.29, 0.717) is 23.5 Å². The van der Waals surface area contributed by atoms with Gasteiger partial charge < -0.3 is 0 Å². The summed E-state index contributed by atoms with van der Waals surface area (Å²) in [6.07, 6.45) is -3.95. The maximum absolute atomic E-state index is 12.7. The first-order chi connectivity index (χ1) is 7.84. The predicted octanol–water partition coefficient (Wildman–Crippen LogP) is 3.27. The van der Waals surface area contributed by atoms with Crippen LogP contribution < -0.4 is 0 Å². The van der Waals surface area contributed by atoms with Crippen molar-refractivity contribution in [3.63, 3.8) is 0 Å². The summed E-state index contributed by atoms with van der Waals surface area (Å²) in [5.41, 5.74) is -0.134. The van der Waals surface area contributed by atoms with E-state index in [1.807, 2.05) is 6.92 Å². The number of rotatable bonds is 1. The van der Waals surface area contributed by atoms with Crippen LogP contribution in [0.5, 0.6) is 0 Å². The summed E-state index contributed by atoms with van der Waals surface area (Å²) in [6, 6.07) is 0.992. The van der Waals surface area contributed by atoms with Crippen molar-refractivity contribution in [2.75, 3.05) is 0 Å². The van der Waals surface area contributed by atoms with Gasteiger partial charge in [-0.2, -0.15) is 13.2 Å². The van der Waals surface area contributed by atoms with Crippen LogP contribution in [0, 0.1) is 6.92 Å². The fraction of sp³-hybridized carbons (Fsp3) is 0.400. The molecular formula is C10H9ClF3N3. The number of alkyl halides is 3. The Morgan fingerprint density at radius 1 is 1.41 bits per heavy atom. The lowest BCUT2D eigenvalue weighted by Crippen LogP contribution is -2.10. The van der Waals surface area contributed by atoms with Gasteiger partial charge in [0, 0.05) is 6.42 Å². The second-order valence-corrected chi connectivity index (χ2v) is 4.00. The van der Waals surface area contributed by atoms with Gasteiger partial charge in [-0.05, 0) is 18.6 Å². The van der Waals surface area contributed by atoms with Gasteiger partial charge in [-0.1, -0.05) is 18.5 Å². The van der Waals surface area contributed by atoms with Gasteiger partial charge in [0.1, 0.15) is 5.15 Å². The summed E-state index contributed by atoms with van der Waals surface area (Å²) >= 11 is 5.71. The van der Waals surface area contributed by atoms with E-state index in [4.69, 9.17) is 11.6 Å². The van der Waals surface area contributed by atoms with Crippen LogP contribution in [0.15, 0.2) is 6.07 Å². The Morgan fingerprint density at radius 2 is 2.06 bits per heavy atom. The van der Waals surface area contributed by atoms with Crippen molar-refractivity contribution in [2.24, 2.45) is 0 Å². The summed E-state index contributed by atoms with van der Waals surface area (Å²) < 4.78 is 39.1. The summed E-state index contributed by atoms with van der Waals surface area (Å²) in [5, 5.41) is 3.49. The van der Waals surface area contributed by atoms with Crippen molar-refractivity contribution in [3.05, 3.63) is 28.2 Å². The lowest BCUT2D eigenvalue weighted by atomic mass is 10.2. The molecule has 0 fully saturated rings. The smallest absolute Gasteiger partial charge is 0.212 e. The fourth-order valence-electron chi connectivity index (χ4n) is 1.55. The third-order valence-electron chi connectivity index (χ3n) is 2.39. The minimum Gasteiger partial charge on any atom is -0.212 e. The lowest BCUT2D eigenvalue weighted by Gasteiger charge is -2.10. The number of fused-ring (bicyclic) bond motifs is 1. The zero-order valence-electron chi connectivity index (χ0n) is 9.14. The number of pyridine rings is 1. The van der Waals surface area contributed by atoms with E-state index in [9.17, 15) is 13.2 Å². The molecule has 0 radical (unpaired) electrons. The second kappa shape index (κ2) is 3.87. The normalized spacial score (nSPS) is 12.4. The number of aryl methyl sites for hydroxylation is 2. The molecule has 92 valence electrons. The Morgan fingerprint density at radius 3 is 2.59 bits per heavy atom. The zero-order valence-corrected chi connectivity index (χ0v) is 9.89. The Kier molecular flexibility index (Phi) is 2.77. The SMILES string of the molecule is CCc1nc2c(C)cc(C(F)(F)F)c(Cl)n2n1. The molecule has 0 atom stereocenters. The average Bonchev–Trinajstić information content (AvgIpc) is 2.66. The van der Waals surface area contributed by atoms with Crippen LogP contribution >= 0.6 is 11.6 Å². The molecule has 0 aromatic carbocycles.